The average molecular weight is 296 g/mol. The van der Waals surface area contributed by atoms with Gasteiger partial charge in [0.1, 0.15) is 5.82 Å². The molecule has 0 saturated carbocycles. The lowest BCUT2D eigenvalue weighted by Crippen LogP contribution is -2.39. The van der Waals surface area contributed by atoms with Crippen molar-refractivity contribution < 1.29 is 19.1 Å². The maximum Gasteiger partial charge on any atom is 0.335 e. The van der Waals surface area contributed by atoms with Crippen molar-refractivity contribution >= 4 is 17.7 Å². The SMILES string of the molecule is CC(C)C(C)(C)CNC(=O)Nc1ccc(C(=O)O)cc1F. The summed E-state index contributed by atoms with van der Waals surface area (Å²) in [6, 6.07) is 2.81. The van der Waals surface area contributed by atoms with Gasteiger partial charge in [-0.15, -0.1) is 0 Å². The van der Waals surface area contributed by atoms with Crippen LogP contribution in [0.15, 0.2) is 18.2 Å². The normalized spacial score (nSPS) is 11.3. The molecule has 0 heterocycles. The Labute approximate surface area is 123 Å². The number of urea groups is 1. The number of carboxylic acid groups (broad SMARTS) is 1. The minimum atomic E-state index is -1.22. The molecule has 0 aliphatic rings. The third kappa shape index (κ3) is 4.73. The van der Waals surface area contributed by atoms with Gasteiger partial charge in [-0.25, -0.2) is 14.0 Å². The molecule has 116 valence electrons. The summed E-state index contributed by atoms with van der Waals surface area (Å²) in [5.74, 6) is -1.62. The molecule has 0 atom stereocenters. The zero-order chi connectivity index (χ0) is 16.2. The number of rotatable bonds is 5. The molecule has 0 saturated heterocycles. The maximum absolute atomic E-state index is 13.7. The summed E-state index contributed by atoms with van der Waals surface area (Å²) in [4.78, 5) is 22.4. The van der Waals surface area contributed by atoms with Crippen LogP contribution in [0.4, 0.5) is 14.9 Å². The van der Waals surface area contributed by atoms with Gasteiger partial charge in [0.2, 0.25) is 0 Å². The Hall–Kier alpha value is -2.11. The third-order valence-electron chi connectivity index (χ3n) is 3.73. The molecule has 1 rings (SSSR count). The monoisotopic (exact) mass is 296 g/mol. The second-order valence-corrected chi connectivity index (χ2v) is 5.95. The molecular weight excluding hydrogens is 275 g/mol. The Morgan fingerprint density at radius 1 is 1.33 bits per heavy atom. The Morgan fingerprint density at radius 2 is 1.95 bits per heavy atom. The second-order valence-electron chi connectivity index (χ2n) is 5.95. The Balaban J connectivity index is 2.66. The zero-order valence-corrected chi connectivity index (χ0v) is 12.7. The van der Waals surface area contributed by atoms with E-state index in [9.17, 15) is 14.0 Å². The fourth-order valence-corrected chi connectivity index (χ4v) is 1.43. The van der Waals surface area contributed by atoms with Gasteiger partial charge in [0.15, 0.2) is 0 Å². The molecule has 21 heavy (non-hydrogen) atoms. The van der Waals surface area contributed by atoms with Gasteiger partial charge in [-0.3, -0.25) is 0 Å². The molecule has 0 spiro atoms. The Morgan fingerprint density at radius 3 is 2.43 bits per heavy atom. The van der Waals surface area contributed by atoms with Crippen LogP contribution >= 0.6 is 0 Å². The standard InChI is InChI=1S/C15H21FN2O3/c1-9(2)15(3,4)8-17-14(21)18-12-6-5-10(13(19)20)7-11(12)16/h5-7,9H,8H2,1-4H3,(H,19,20)(H2,17,18,21). The summed E-state index contributed by atoms with van der Waals surface area (Å²) in [7, 11) is 0. The van der Waals surface area contributed by atoms with Crippen LogP contribution < -0.4 is 10.6 Å². The maximum atomic E-state index is 13.7. The molecule has 3 N–H and O–H groups in total. The number of carboxylic acids is 1. The number of carbonyl (C=O) groups excluding carboxylic acids is 1. The summed E-state index contributed by atoms with van der Waals surface area (Å²) in [5.41, 5.74) is -0.303. The lowest BCUT2D eigenvalue weighted by atomic mass is 9.81. The van der Waals surface area contributed by atoms with E-state index in [1.54, 1.807) is 0 Å². The summed E-state index contributed by atoms with van der Waals surface area (Å²) in [6.45, 7) is 8.62. The predicted octanol–water partition coefficient (Wildman–Crippen LogP) is 3.33. The van der Waals surface area contributed by atoms with Gasteiger partial charge in [0.05, 0.1) is 11.3 Å². The molecule has 0 fully saturated rings. The number of aromatic carboxylic acids is 1. The first-order valence-corrected chi connectivity index (χ1v) is 6.71. The molecule has 0 radical (unpaired) electrons. The lowest BCUT2D eigenvalue weighted by Gasteiger charge is -2.29. The average Bonchev–Trinajstić information content (AvgIpc) is 2.38. The number of carbonyl (C=O) groups is 2. The lowest BCUT2D eigenvalue weighted by molar-refractivity contribution is 0.0696. The molecule has 5 nitrogen and oxygen atoms in total. The topological polar surface area (TPSA) is 78.4 Å². The summed E-state index contributed by atoms with van der Waals surface area (Å²) in [5, 5.41) is 13.8. The highest BCUT2D eigenvalue weighted by Crippen LogP contribution is 2.24. The highest BCUT2D eigenvalue weighted by atomic mass is 19.1. The van der Waals surface area contributed by atoms with Crippen molar-refractivity contribution in [1.29, 1.82) is 0 Å². The van der Waals surface area contributed by atoms with Crippen LogP contribution in [0.1, 0.15) is 38.1 Å². The number of anilines is 1. The van der Waals surface area contributed by atoms with Crippen LogP contribution in [0, 0.1) is 17.2 Å². The molecule has 1 aromatic carbocycles. The number of halogens is 1. The van der Waals surface area contributed by atoms with Gasteiger partial charge in [0, 0.05) is 6.54 Å². The molecule has 2 amide bonds. The minimum Gasteiger partial charge on any atom is -0.478 e. The summed E-state index contributed by atoms with van der Waals surface area (Å²) >= 11 is 0. The van der Waals surface area contributed by atoms with E-state index < -0.39 is 17.8 Å². The number of hydrogen-bond donors (Lipinski definition) is 3. The summed E-state index contributed by atoms with van der Waals surface area (Å²) in [6.07, 6.45) is 0. The van der Waals surface area contributed by atoms with E-state index in [4.69, 9.17) is 5.11 Å². The van der Waals surface area contributed by atoms with Crippen LogP contribution in [0.3, 0.4) is 0 Å². The highest BCUT2D eigenvalue weighted by Gasteiger charge is 2.23. The minimum absolute atomic E-state index is 0.0557. The van der Waals surface area contributed by atoms with Gasteiger partial charge in [-0.05, 0) is 29.5 Å². The third-order valence-corrected chi connectivity index (χ3v) is 3.73. The molecule has 0 aliphatic heterocycles. The van der Waals surface area contributed by atoms with Crippen molar-refractivity contribution in [1.82, 2.24) is 5.32 Å². The quantitative estimate of drug-likeness (QED) is 0.780. The van der Waals surface area contributed by atoms with Gasteiger partial charge >= 0.3 is 12.0 Å². The zero-order valence-electron chi connectivity index (χ0n) is 12.7. The van der Waals surface area contributed by atoms with Crippen molar-refractivity contribution in [2.24, 2.45) is 11.3 Å². The number of benzene rings is 1. The van der Waals surface area contributed by atoms with E-state index in [2.05, 4.69) is 24.5 Å². The van der Waals surface area contributed by atoms with Crippen LogP contribution in [-0.4, -0.2) is 23.7 Å². The largest absolute Gasteiger partial charge is 0.478 e. The van der Waals surface area contributed by atoms with E-state index in [0.717, 1.165) is 6.07 Å². The van der Waals surface area contributed by atoms with Crippen molar-refractivity contribution in [3.8, 4) is 0 Å². The first kappa shape index (κ1) is 16.9. The van der Waals surface area contributed by atoms with E-state index in [0.29, 0.717) is 12.5 Å². The van der Waals surface area contributed by atoms with E-state index in [1.165, 1.54) is 12.1 Å². The van der Waals surface area contributed by atoms with Gasteiger partial charge < -0.3 is 15.7 Å². The molecule has 1 aromatic rings. The number of amides is 2. The van der Waals surface area contributed by atoms with E-state index in [-0.39, 0.29) is 16.7 Å². The Bertz CT molecular complexity index is 542. The van der Waals surface area contributed by atoms with Crippen LogP contribution in [-0.2, 0) is 0 Å². The second kappa shape index (κ2) is 6.56. The Kier molecular flexibility index (Phi) is 5.29. The smallest absolute Gasteiger partial charge is 0.335 e. The number of hydrogen-bond acceptors (Lipinski definition) is 2. The predicted molar refractivity (Wildman–Crippen MR) is 79.0 cm³/mol. The highest BCUT2D eigenvalue weighted by molar-refractivity contribution is 5.91. The fourth-order valence-electron chi connectivity index (χ4n) is 1.43. The van der Waals surface area contributed by atoms with Gasteiger partial charge in [-0.2, -0.15) is 0 Å². The fraction of sp³-hybridized carbons (Fsp3) is 0.467. The molecule has 0 aliphatic carbocycles. The summed E-state index contributed by atoms with van der Waals surface area (Å²) < 4.78 is 13.7. The van der Waals surface area contributed by atoms with Crippen molar-refractivity contribution in [2.45, 2.75) is 27.7 Å². The molecule has 0 unspecified atom stereocenters. The van der Waals surface area contributed by atoms with E-state index >= 15 is 0 Å². The van der Waals surface area contributed by atoms with Gasteiger partial charge in [-0.1, -0.05) is 27.7 Å². The van der Waals surface area contributed by atoms with Gasteiger partial charge in [0.25, 0.3) is 0 Å². The molecular formula is C15H21FN2O3. The van der Waals surface area contributed by atoms with Crippen molar-refractivity contribution in [3.05, 3.63) is 29.6 Å². The number of nitrogens with one attached hydrogen (secondary N) is 2. The van der Waals surface area contributed by atoms with E-state index in [1.807, 2.05) is 13.8 Å². The van der Waals surface area contributed by atoms with Crippen LogP contribution in [0.5, 0.6) is 0 Å². The van der Waals surface area contributed by atoms with Crippen molar-refractivity contribution in [3.63, 3.8) is 0 Å². The molecule has 0 aromatic heterocycles. The first-order valence-electron chi connectivity index (χ1n) is 6.71. The molecule has 0 bridgehead atoms. The molecule has 6 heteroatoms. The van der Waals surface area contributed by atoms with Crippen LogP contribution in [0.2, 0.25) is 0 Å². The van der Waals surface area contributed by atoms with Crippen LogP contribution in [0.25, 0.3) is 0 Å². The first-order chi connectivity index (χ1) is 9.63. The van der Waals surface area contributed by atoms with Crippen molar-refractivity contribution in [2.75, 3.05) is 11.9 Å².